The van der Waals surface area contributed by atoms with E-state index < -0.39 is 10.0 Å². The molecule has 1 atom stereocenters. The van der Waals surface area contributed by atoms with Crippen LogP contribution in [0.5, 0.6) is 0 Å². The molecule has 0 unspecified atom stereocenters. The highest BCUT2D eigenvalue weighted by molar-refractivity contribution is 7.89. The fourth-order valence-corrected chi connectivity index (χ4v) is 3.88. The van der Waals surface area contributed by atoms with Gasteiger partial charge < -0.3 is 4.42 Å². The van der Waals surface area contributed by atoms with Crippen molar-refractivity contribution in [2.45, 2.75) is 45.1 Å². The summed E-state index contributed by atoms with van der Waals surface area (Å²) in [5.41, 5.74) is 2.82. The standard InChI is InChI=1S/C16H21NO3S/c1-11-8-13(3)16(9-12(11)2)21(18,19)17-14(4)10-15-6-5-7-20-15/h5-9,14,17H,10H2,1-4H3/t14-/m0/s1. The largest absolute Gasteiger partial charge is 0.469 e. The van der Waals surface area contributed by atoms with Crippen molar-refractivity contribution in [3.8, 4) is 0 Å². The predicted molar refractivity (Wildman–Crippen MR) is 82.8 cm³/mol. The number of sulfonamides is 1. The molecule has 4 nitrogen and oxygen atoms in total. The van der Waals surface area contributed by atoms with Crippen molar-refractivity contribution in [3.63, 3.8) is 0 Å². The van der Waals surface area contributed by atoms with Gasteiger partial charge in [0.15, 0.2) is 0 Å². The van der Waals surface area contributed by atoms with E-state index in [0.717, 1.165) is 22.5 Å². The second kappa shape index (κ2) is 6.03. The van der Waals surface area contributed by atoms with E-state index in [-0.39, 0.29) is 6.04 Å². The molecule has 2 aromatic rings. The number of rotatable bonds is 5. The monoisotopic (exact) mass is 307 g/mol. The lowest BCUT2D eigenvalue weighted by Crippen LogP contribution is -2.34. The van der Waals surface area contributed by atoms with Crippen LogP contribution in [0, 0.1) is 20.8 Å². The Hall–Kier alpha value is -1.59. The molecule has 1 N–H and O–H groups in total. The first-order valence-electron chi connectivity index (χ1n) is 6.92. The average Bonchev–Trinajstić information content (AvgIpc) is 2.85. The molecule has 0 saturated heterocycles. The molecular formula is C16H21NO3S. The molecule has 114 valence electrons. The van der Waals surface area contributed by atoms with Crippen molar-refractivity contribution in [2.24, 2.45) is 0 Å². The SMILES string of the molecule is Cc1cc(C)c(S(=O)(=O)N[C@@H](C)Cc2ccco2)cc1C. The van der Waals surface area contributed by atoms with Gasteiger partial charge in [0.25, 0.3) is 0 Å². The summed E-state index contributed by atoms with van der Waals surface area (Å²) >= 11 is 0. The maximum absolute atomic E-state index is 12.5. The molecule has 0 spiro atoms. The van der Waals surface area contributed by atoms with Crippen LogP contribution in [0.15, 0.2) is 39.8 Å². The number of hydrogen-bond acceptors (Lipinski definition) is 3. The molecule has 0 bridgehead atoms. The smallest absolute Gasteiger partial charge is 0.241 e. The highest BCUT2D eigenvalue weighted by Gasteiger charge is 2.20. The maximum Gasteiger partial charge on any atom is 0.241 e. The molecule has 21 heavy (non-hydrogen) atoms. The molecule has 1 heterocycles. The fourth-order valence-electron chi connectivity index (χ4n) is 2.32. The third kappa shape index (κ3) is 3.74. The van der Waals surface area contributed by atoms with Gasteiger partial charge in [-0.25, -0.2) is 13.1 Å². The second-order valence-corrected chi connectivity index (χ2v) is 7.19. The first-order chi connectivity index (χ1) is 9.79. The van der Waals surface area contributed by atoms with Gasteiger partial charge in [-0.3, -0.25) is 0 Å². The van der Waals surface area contributed by atoms with Crippen molar-refractivity contribution in [2.75, 3.05) is 0 Å². The van der Waals surface area contributed by atoms with E-state index in [9.17, 15) is 8.42 Å². The van der Waals surface area contributed by atoms with E-state index in [0.29, 0.717) is 11.3 Å². The van der Waals surface area contributed by atoms with Crippen LogP contribution >= 0.6 is 0 Å². The number of hydrogen-bond donors (Lipinski definition) is 1. The van der Waals surface area contributed by atoms with Crippen molar-refractivity contribution in [1.29, 1.82) is 0 Å². The normalized spacial score (nSPS) is 13.3. The minimum atomic E-state index is -3.52. The van der Waals surface area contributed by atoms with Gasteiger partial charge in [0.1, 0.15) is 5.76 Å². The third-order valence-electron chi connectivity index (χ3n) is 3.52. The molecule has 5 heteroatoms. The summed E-state index contributed by atoms with van der Waals surface area (Å²) in [6, 6.07) is 7.03. The third-order valence-corrected chi connectivity index (χ3v) is 5.26. The minimum Gasteiger partial charge on any atom is -0.469 e. The van der Waals surface area contributed by atoms with Gasteiger partial charge in [-0.15, -0.1) is 0 Å². The summed E-state index contributed by atoms with van der Waals surface area (Å²) in [6.45, 7) is 7.54. The van der Waals surface area contributed by atoms with Crippen molar-refractivity contribution >= 4 is 10.0 Å². The average molecular weight is 307 g/mol. The zero-order valence-electron chi connectivity index (χ0n) is 12.8. The van der Waals surface area contributed by atoms with Gasteiger partial charge in [-0.05, 0) is 62.6 Å². The Morgan fingerprint density at radius 1 is 1.14 bits per heavy atom. The van der Waals surface area contributed by atoms with E-state index in [2.05, 4.69) is 4.72 Å². The zero-order valence-corrected chi connectivity index (χ0v) is 13.6. The number of aryl methyl sites for hydroxylation is 3. The first-order valence-corrected chi connectivity index (χ1v) is 8.40. The van der Waals surface area contributed by atoms with Crippen molar-refractivity contribution in [1.82, 2.24) is 4.72 Å². The molecule has 1 aromatic carbocycles. The lowest BCUT2D eigenvalue weighted by atomic mass is 10.1. The summed E-state index contributed by atoms with van der Waals surface area (Å²) < 4.78 is 33.0. The quantitative estimate of drug-likeness (QED) is 0.923. The molecular weight excluding hydrogens is 286 g/mol. The summed E-state index contributed by atoms with van der Waals surface area (Å²) in [4.78, 5) is 0.344. The van der Waals surface area contributed by atoms with Crippen LogP contribution in [-0.2, 0) is 16.4 Å². The molecule has 0 amide bonds. The van der Waals surface area contributed by atoms with Gasteiger partial charge in [-0.1, -0.05) is 6.07 Å². The lowest BCUT2D eigenvalue weighted by molar-refractivity contribution is 0.479. The van der Waals surface area contributed by atoms with E-state index in [1.807, 2.05) is 39.8 Å². The first kappa shape index (κ1) is 15.8. The van der Waals surface area contributed by atoms with E-state index in [1.165, 1.54) is 0 Å². The molecule has 0 aliphatic heterocycles. The summed E-state index contributed by atoms with van der Waals surface area (Å²) in [6.07, 6.45) is 2.11. The Morgan fingerprint density at radius 3 is 2.43 bits per heavy atom. The topological polar surface area (TPSA) is 59.3 Å². The Bertz CT molecular complexity index is 718. The van der Waals surface area contributed by atoms with Crippen LogP contribution in [0.1, 0.15) is 29.4 Å². The molecule has 0 aliphatic carbocycles. The summed E-state index contributed by atoms with van der Waals surface area (Å²) in [7, 11) is -3.52. The molecule has 1 aromatic heterocycles. The van der Waals surface area contributed by atoms with Gasteiger partial charge in [0.2, 0.25) is 10.0 Å². The van der Waals surface area contributed by atoms with E-state index >= 15 is 0 Å². The van der Waals surface area contributed by atoms with Gasteiger partial charge >= 0.3 is 0 Å². The zero-order chi connectivity index (χ0) is 15.6. The van der Waals surface area contributed by atoms with E-state index in [4.69, 9.17) is 4.42 Å². The predicted octanol–water partition coefficient (Wildman–Crippen LogP) is 3.11. The summed E-state index contributed by atoms with van der Waals surface area (Å²) in [5, 5.41) is 0. The van der Waals surface area contributed by atoms with Crippen LogP contribution in [-0.4, -0.2) is 14.5 Å². The van der Waals surface area contributed by atoms with Gasteiger partial charge in [0, 0.05) is 12.5 Å². The Kier molecular flexibility index (Phi) is 4.54. The molecule has 2 rings (SSSR count). The summed E-state index contributed by atoms with van der Waals surface area (Å²) in [5.74, 6) is 0.766. The highest BCUT2D eigenvalue weighted by Crippen LogP contribution is 2.20. The van der Waals surface area contributed by atoms with Gasteiger partial charge in [0.05, 0.1) is 11.2 Å². The van der Waals surface area contributed by atoms with E-state index in [1.54, 1.807) is 18.4 Å². The van der Waals surface area contributed by atoms with Gasteiger partial charge in [-0.2, -0.15) is 0 Å². The maximum atomic E-state index is 12.5. The molecule has 0 fully saturated rings. The molecule has 0 radical (unpaired) electrons. The number of nitrogens with one attached hydrogen (secondary N) is 1. The molecule has 0 aliphatic rings. The number of furan rings is 1. The Balaban J connectivity index is 2.20. The van der Waals surface area contributed by atoms with Crippen LogP contribution in [0.3, 0.4) is 0 Å². The minimum absolute atomic E-state index is 0.234. The second-order valence-electron chi connectivity index (χ2n) is 5.51. The Morgan fingerprint density at radius 2 is 1.81 bits per heavy atom. The Labute approximate surface area is 126 Å². The van der Waals surface area contributed by atoms with Crippen LogP contribution in [0.4, 0.5) is 0 Å². The van der Waals surface area contributed by atoms with Crippen molar-refractivity contribution < 1.29 is 12.8 Å². The fraction of sp³-hybridized carbons (Fsp3) is 0.375. The van der Waals surface area contributed by atoms with Crippen LogP contribution in [0.25, 0.3) is 0 Å². The lowest BCUT2D eigenvalue weighted by Gasteiger charge is -2.16. The number of benzene rings is 1. The molecule has 0 saturated carbocycles. The van der Waals surface area contributed by atoms with Crippen LogP contribution in [0.2, 0.25) is 0 Å². The highest BCUT2D eigenvalue weighted by atomic mass is 32.2. The van der Waals surface area contributed by atoms with Crippen molar-refractivity contribution in [3.05, 3.63) is 53.0 Å². The van der Waals surface area contributed by atoms with Crippen LogP contribution < -0.4 is 4.72 Å².